The molecule has 0 aromatic heterocycles. The molecule has 2 aliphatic rings. The Bertz CT molecular complexity index is 490. The highest BCUT2D eigenvalue weighted by molar-refractivity contribution is 6.19. The van der Waals surface area contributed by atoms with Gasteiger partial charge in [-0.2, -0.15) is 0 Å². The van der Waals surface area contributed by atoms with E-state index in [2.05, 4.69) is 6.58 Å². The van der Waals surface area contributed by atoms with Gasteiger partial charge in [0.2, 0.25) is 0 Å². The van der Waals surface area contributed by atoms with Crippen LogP contribution < -0.4 is 0 Å². The topological polar surface area (TPSA) is 63.7 Å². The second kappa shape index (κ2) is 6.70. The molecule has 0 saturated carbocycles. The second-order valence-electron chi connectivity index (χ2n) is 5.55. The average molecular weight is 291 g/mol. The van der Waals surface area contributed by atoms with Crippen LogP contribution in [0.5, 0.6) is 0 Å². The highest BCUT2D eigenvalue weighted by Crippen LogP contribution is 2.32. The first-order valence-electron chi connectivity index (χ1n) is 7.43. The van der Waals surface area contributed by atoms with E-state index in [1.807, 2.05) is 0 Å². The van der Waals surface area contributed by atoms with E-state index in [1.165, 1.54) is 4.90 Å². The quantitative estimate of drug-likeness (QED) is 0.325. The van der Waals surface area contributed by atoms with Gasteiger partial charge in [-0.15, -0.1) is 0 Å². The number of carbonyl (C=O) groups is 3. The number of carbonyl (C=O) groups excluding carboxylic acids is 3. The van der Waals surface area contributed by atoms with Crippen molar-refractivity contribution in [2.75, 3.05) is 13.2 Å². The zero-order chi connectivity index (χ0) is 15.4. The van der Waals surface area contributed by atoms with E-state index < -0.39 is 5.97 Å². The molecule has 5 heteroatoms. The molecular formula is C16H21NO4. The Hall–Kier alpha value is -1.91. The third kappa shape index (κ3) is 3.40. The van der Waals surface area contributed by atoms with Gasteiger partial charge < -0.3 is 4.74 Å². The van der Waals surface area contributed by atoms with Crippen molar-refractivity contribution in [3.05, 3.63) is 23.3 Å². The van der Waals surface area contributed by atoms with E-state index in [4.69, 9.17) is 4.74 Å². The summed E-state index contributed by atoms with van der Waals surface area (Å²) in [6.07, 6.45) is 4.70. The second-order valence-corrected chi connectivity index (χ2v) is 5.55. The summed E-state index contributed by atoms with van der Waals surface area (Å²) in [4.78, 5) is 36.9. The number of imide groups is 1. The molecule has 0 aromatic rings. The summed E-state index contributed by atoms with van der Waals surface area (Å²) in [5.41, 5.74) is 1.82. The summed E-state index contributed by atoms with van der Waals surface area (Å²) in [6, 6.07) is 0. The summed E-state index contributed by atoms with van der Waals surface area (Å²) >= 11 is 0. The SMILES string of the molecule is C=C(C)C(=O)OCCCCN1C(=O)C2=C(CCCC2)C1=O. The zero-order valence-corrected chi connectivity index (χ0v) is 12.4. The highest BCUT2D eigenvalue weighted by Gasteiger charge is 2.38. The summed E-state index contributed by atoms with van der Waals surface area (Å²) in [6.45, 7) is 5.78. The number of ether oxygens (including phenoxy) is 1. The molecule has 0 radical (unpaired) electrons. The van der Waals surface area contributed by atoms with Gasteiger partial charge in [0.05, 0.1) is 6.61 Å². The van der Waals surface area contributed by atoms with Crippen LogP contribution in [-0.2, 0) is 19.1 Å². The van der Waals surface area contributed by atoms with Gasteiger partial charge in [0, 0.05) is 23.3 Å². The molecule has 0 fully saturated rings. The summed E-state index contributed by atoms with van der Waals surface area (Å²) in [5.74, 6) is -0.636. The lowest BCUT2D eigenvalue weighted by Gasteiger charge is -2.14. The van der Waals surface area contributed by atoms with Crippen molar-refractivity contribution in [1.29, 1.82) is 0 Å². The summed E-state index contributed by atoms with van der Waals surface area (Å²) in [7, 11) is 0. The average Bonchev–Trinajstić information content (AvgIpc) is 2.71. The molecule has 0 aromatic carbocycles. The normalized spacial score (nSPS) is 18.0. The molecule has 0 bridgehead atoms. The molecule has 0 unspecified atom stereocenters. The maximum atomic E-state index is 12.2. The maximum absolute atomic E-state index is 12.2. The van der Waals surface area contributed by atoms with Crippen molar-refractivity contribution in [3.63, 3.8) is 0 Å². The van der Waals surface area contributed by atoms with Crippen LogP contribution in [0.2, 0.25) is 0 Å². The number of esters is 1. The minimum atomic E-state index is -0.402. The number of rotatable bonds is 6. The van der Waals surface area contributed by atoms with Gasteiger partial charge in [0.25, 0.3) is 11.8 Å². The van der Waals surface area contributed by atoms with Gasteiger partial charge in [-0.05, 0) is 45.4 Å². The predicted molar refractivity (Wildman–Crippen MR) is 77.2 cm³/mol. The molecule has 0 spiro atoms. The Kier molecular flexibility index (Phi) is 4.94. The van der Waals surface area contributed by atoms with E-state index in [0.717, 1.165) is 36.8 Å². The Morgan fingerprint density at radius 1 is 1.14 bits per heavy atom. The molecule has 0 saturated heterocycles. The van der Waals surface area contributed by atoms with Gasteiger partial charge in [0.1, 0.15) is 0 Å². The molecule has 1 heterocycles. The fourth-order valence-electron chi connectivity index (χ4n) is 2.66. The van der Waals surface area contributed by atoms with Gasteiger partial charge in [-0.3, -0.25) is 14.5 Å². The van der Waals surface area contributed by atoms with Crippen molar-refractivity contribution in [3.8, 4) is 0 Å². The van der Waals surface area contributed by atoms with E-state index >= 15 is 0 Å². The third-order valence-electron chi connectivity index (χ3n) is 3.83. The lowest BCUT2D eigenvalue weighted by Crippen LogP contribution is -2.32. The van der Waals surface area contributed by atoms with E-state index in [1.54, 1.807) is 6.92 Å². The molecule has 1 aliphatic carbocycles. The molecule has 21 heavy (non-hydrogen) atoms. The Labute approximate surface area is 124 Å². The summed E-state index contributed by atoms with van der Waals surface area (Å²) < 4.78 is 4.98. The molecule has 1 aliphatic heterocycles. The minimum absolute atomic E-state index is 0.117. The molecule has 5 nitrogen and oxygen atoms in total. The van der Waals surface area contributed by atoms with Crippen LogP contribution in [0.3, 0.4) is 0 Å². The lowest BCUT2D eigenvalue weighted by atomic mass is 9.93. The number of hydrogen-bond donors (Lipinski definition) is 0. The largest absolute Gasteiger partial charge is 0.462 e. The van der Waals surface area contributed by atoms with Crippen LogP contribution in [-0.4, -0.2) is 35.8 Å². The van der Waals surface area contributed by atoms with Crippen molar-refractivity contribution in [2.24, 2.45) is 0 Å². The number of nitrogens with zero attached hydrogens (tertiary/aromatic N) is 1. The van der Waals surface area contributed by atoms with Gasteiger partial charge >= 0.3 is 5.97 Å². The maximum Gasteiger partial charge on any atom is 0.333 e. The summed E-state index contributed by atoms with van der Waals surface area (Å²) in [5, 5.41) is 0. The van der Waals surface area contributed by atoms with Gasteiger partial charge in [0.15, 0.2) is 0 Å². The fraction of sp³-hybridized carbons (Fsp3) is 0.562. The number of amides is 2. The van der Waals surface area contributed by atoms with Crippen LogP contribution in [0.15, 0.2) is 23.3 Å². The van der Waals surface area contributed by atoms with Gasteiger partial charge in [-0.25, -0.2) is 4.79 Å². The lowest BCUT2D eigenvalue weighted by molar-refractivity contribution is -0.140. The first-order chi connectivity index (χ1) is 10.0. The molecule has 114 valence electrons. The Morgan fingerprint density at radius 2 is 1.71 bits per heavy atom. The van der Waals surface area contributed by atoms with Crippen molar-refractivity contribution >= 4 is 17.8 Å². The van der Waals surface area contributed by atoms with Gasteiger partial charge in [-0.1, -0.05) is 6.58 Å². The third-order valence-corrected chi connectivity index (χ3v) is 3.83. The van der Waals surface area contributed by atoms with E-state index in [-0.39, 0.29) is 18.4 Å². The first kappa shape index (κ1) is 15.5. The van der Waals surface area contributed by atoms with E-state index in [0.29, 0.717) is 25.0 Å². The van der Waals surface area contributed by atoms with Crippen molar-refractivity contribution in [1.82, 2.24) is 4.90 Å². The highest BCUT2D eigenvalue weighted by atomic mass is 16.5. The first-order valence-corrected chi connectivity index (χ1v) is 7.43. The van der Waals surface area contributed by atoms with Crippen LogP contribution in [0.1, 0.15) is 45.4 Å². The molecule has 0 N–H and O–H groups in total. The van der Waals surface area contributed by atoms with Crippen molar-refractivity contribution in [2.45, 2.75) is 45.4 Å². The predicted octanol–water partition coefficient (Wildman–Crippen LogP) is 2.13. The van der Waals surface area contributed by atoms with Crippen LogP contribution in [0, 0.1) is 0 Å². The molecule has 2 amide bonds. The zero-order valence-electron chi connectivity index (χ0n) is 12.4. The number of unbranched alkanes of at least 4 members (excludes halogenated alkanes) is 1. The van der Waals surface area contributed by atoms with Crippen LogP contribution >= 0.6 is 0 Å². The van der Waals surface area contributed by atoms with Crippen LogP contribution in [0.25, 0.3) is 0 Å². The smallest absolute Gasteiger partial charge is 0.333 e. The molecular weight excluding hydrogens is 270 g/mol. The van der Waals surface area contributed by atoms with Crippen molar-refractivity contribution < 1.29 is 19.1 Å². The Balaban J connectivity index is 1.75. The van der Waals surface area contributed by atoms with Crippen LogP contribution in [0.4, 0.5) is 0 Å². The fourth-order valence-corrected chi connectivity index (χ4v) is 2.66. The van der Waals surface area contributed by atoms with E-state index in [9.17, 15) is 14.4 Å². The Morgan fingerprint density at radius 3 is 2.24 bits per heavy atom. The monoisotopic (exact) mass is 291 g/mol. The molecule has 0 atom stereocenters. The minimum Gasteiger partial charge on any atom is -0.462 e. The standard InChI is InChI=1S/C16H21NO4/c1-11(2)16(20)21-10-6-5-9-17-14(18)12-7-3-4-8-13(12)15(17)19/h1,3-10H2,2H3. The number of hydrogen-bond acceptors (Lipinski definition) is 4. The molecule has 2 rings (SSSR count).